The van der Waals surface area contributed by atoms with Crippen molar-refractivity contribution in [1.29, 1.82) is 0 Å². The van der Waals surface area contributed by atoms with E-state index >= 15 is 0 Å². The number of hydrogen-bond acceptors (Lipinski definition) is 3. The van der Waals surface area contributed by atoms with E-state index in [0.29, 0.717) is 5.56 Å². The van der Waals surface area contributed by atoms with E-state index in [1.807, 2.05) is 11.8 Å². The van der Waals surface area contributed by atoms with E-state index in [9.17, 15) is 9.90 Å². The minimum absolute atomic E-state index is 0.0133. The van der Waals surface area contributed by atoms with Crippen LogP contribution in [0.3, 0.4) is 0 Å². The van der Waals surface area contributed by atoms with Gasteiger partial charge in [0.1, 0.15) is 5.75 Å². The molecule has 0 bridgehead atoms. The maximum absolute atomic E-state index is 12.5. The highest BCUT2D eigenvalue weighted by molar-refractivity contribution is 6.32. The van der Waals surface area contributed by atoms with Crippen LogP contribution in [-0.4, -0.2) is 34.5 Å². The fourth-order valence-corrected chi connectivity index (χ4v) is 2.74. The molecule has 4 nitrogen and oxygen atoms in total. The Hall–Kier alpha value is -1.26. The third-order valence-electron chi connectivity index (χ3n) is 3.61. The SMILES string of the molecule is CC(N)C1CCCCN1C(=O)c1ccc(O)c(Cl)c1. The van der Waals surface area contributed by atoms with Crippen LogP contribution >= 0.6 is 11.6 Å². The predicted molar refractivity (Wildman–Crippen MR) is 75.4 cm³/mol. The van der Waals surface area contributed by atoms with Crippen LogP contribution in [-0.2, 0) is 0 Å². The average Bonchev–Trinajstić information content (AvgIpc) is 2.41. The Balaban J connectivity index is 2.23. The number of rotatable bonds is 2. The van der Waals surface area contributed by atoms with Crippen LogP contribution in [0.1, 0.15) is 36.5 Å². The summed E-state index contributed by atoms with van der Waals surface area (Å²) in [4.78, 5) is 14.3. The molecule has 104 valence electrons. The number of hydrogen-bond donors (Lipinski definition) is 2. The molecule has 1 saturated heterocycles. The first-order valence-corrected chi connectivity index (χ1v) is 6.93. The second-order valence-corrected chi connectivity index (χ2v) is 5.49. The number of piperidine rings is 1. The van der Waals surface area contributed by atoms with Crippen molar-refractivity contribution >= 4 is 17.5 Å². The maximum atomic E-state index is 12.5. The van der Waals surface area contributed by atoms with Crippen LogP contribution in [0.5, 0.6) is 5.75 Å². The van der Waals surface area contributed by atoms with Crippen molar-refractivity contribution in [3.8, 4) is 5.75 Å². The molecule has 1 heterocycles. The van der Waals surface area contributed by atoms with E-state index in [0.717, 1.165) is 25.8 Å². The summed E-state index contributed by atoms with van der Waals surface area (Å²) in [7, 11) is 0. The molecular formula is C14H19ClN2O2. The van der Waals surface area contributed by atoms with Gasteiger partial charge in [0.05, 0.1) is 5.02 Å². The Labute approximate surface area is 118 Å². The number of nitrogens with two attached hydrogens (primary N) is 1. The number of carbonyl (C=O) groups excluding carboxylic acids is 1. The molecule has 1 aromatic carbocycles. The Morgan fingerprint density at radius 3 is 2.89 bits per heavy atom. The van der Waals surface area contributed by atoms with Crippen LogP contribution < -0.4 is 5.73 Å². The van der Waals surface area contributed by atoms with Gasteiger partial charge in [-0.25, -0.2) is 0 Å². The molecule has 1 aliphatic heterocycles. The van der Waals surface area contributed by atoms with Crippen molar-refractivity contribution in [2.24, 2.45) is 5.73 Å². The molecule has 1 amide bonds. The molecule has 0 spiro atoms. The van der Waals surface area contributed by atoms with Crippen LogP contribution in [0.25, 0.3) is 0 Å². The molecule has 0 aromatic heterocycles. The number of phenolic OH excluding ortho intramolecular Hbond substituents is 1. The van der Waals surface area contributed by atoms with Gasteiger partial charge in [0.25, 0.3) is 5.91 Å². The first-order chi connectivity index (χ1) is 9.00. The normalized spacial score (nSPS) is 21.2. The maximum Gasteiger partial charge on any atom is 0.254 e. The molecule has 19 heavy (non-hydrogen) atoms. The number of phenols is 1. The van der Waals surface area contributed by atoms with Crippen LogP contribution in [0.4, 0.5) is 0 Å². The monoisotopic (exact) mass is 282 g/mol. The largest absolute Gasteiger partial charge is 0.506 e. The fraction of sp³-hybridized carbons (Fsp3) is 0.500. The number of carbonyl (C=O) groups is 1. The van der Waals surface area contributed by atoms with Gasteiger partial charge in [0.2, 0.25) is 0 Å². The molecule has 1 aliphatic rings. The van der Waals surface area contributed by atoms with E-state index < -0.39 is 0 Å². The van der Waals surface area contributed by atoms with Crippen molar-refractivity contribution in [3.63, 3.8) is 0 Å². The van der Waals surface area contributed by atoms with Crippen molar-refractivity contribution < 1.29 is 9.90 Å². The van der Waals surface area contributed by atoms with Gasteiger partial charge in [-0.15, -0.1) is 0 Å². The topological polar surface area (TPSA) is 66.6 Å². The summed E-state index contributed by atoms with van der Waals surface area (Å²) in [6.07, 6.45) is 3.04. The molecule has 3 N–H and O–H groups in total. The third-order valence-corrected chi connectivity index (χ3v) is 3.91. The van der Waals surface area contributed by atoms with Gasteiger partial charge in [-0.2, -0.15) is 0 Å². The molecule has 2 unspecified atom stereocenters. The number of aromatic hydroxyl groups is 1. The molecule has 0 aliphatic carbocycles. The van der Waals surface area contributed by atoms with E-state index in [2.05, 4.69) is 0 Å². The summed E-state index contributed by atoms with van der Waals surface area (Å²) >= 11 is 5.85. The van der Waals surface area contributed by atoms with Gasteiger partial charge in [0.15, 0.2) is 0 Å². The fourth-order valence-electron chi connectivity index (χ4n) is 2.56. The number of nitrogens with zero attached hydrogens (tertiary/aromatic N) is 1. The summed E-state index contributed by atoms with van der Waals surface area (Å²) in [5, 5.41) is 9.59. The van der Waals surface area contributed by atoms with Gasteiger partial charge >= 0.3 is 0 Å². The number of halogens is 1. The number of benzene rings is 1. The van der Waals surface area contributed by atoms with Crippen molar-refractivity contribution in [2.75, 3.05) is 6.54 Å². The first-order valence-electron chi connectivity index (χ1n) is 6.56. The highest BCUT2D eigenvalue weighted by Crippen LogP contribution is 2.26. The van der Waals surface area contributed by atoms with Crippen molar-refractivity contribution in [2.45, 2.75) is 38.3 Å². The summed E-state index contributed by atoms with van der Waals surface area (Å²) in [6.45, 7) is 2.66. The summed E-state index contributed by atoms with van der Waals surface area (Å²) in [5.74, 6) is -0.0792. The number of likely N-dealkylation sites (tertiary alicyclic amines) is 1. The molecule has 0 saturated carbocycles. The van der Waals surface area contributed by atoms with Crippen LogP contribution in [0.2, 0.25) is 5.02 Å². The van der Waals surface area contributed by atoms with Gasteiger partial charge < -0.3 is 15.7 Å². The zero-order valence-corrected chi connectivity index (χ0v) is 11.7. The molecule has 2 atom stereocenters. The van der Waals surface area contributed by atoms with Crippen molar-refractivity contribution in [3.05, 3.63) is 28.8 Å². The average molecular weight is 283 g/mol. The van der Waals surface area contributed by atoms with Gasteiger partial charge in [-0.3, -0.25) is 4.79 Å². The van der Waals surface area contributed by atoms with Gasteiger partial charge in [0, 0.05) is 24.2 Å². The lowest BCUT2D eigenvalue weighted by Gasteiger charge is -2.38. The smallest absolute Gasteiger partial charge is 0.254 e. The van der Waals surface area contributed by atoms with E-state index in [-0.39, 0.29) is 28.8 Å². The lowest BCUT2D eigenvalue weighted by molar-refractivity contribution is 0.0584. The zero-order chi connectivity index (χ0) is 14.0. The molecule has 1 fully saturated rings. The van der Waals surface area contributed by atoms with Crippen molar-refractivity contribution in [1.82, 2.24) is 4.90 Å². The summed E-state index contributed by atoms with van der Waals surface area (Å²) in [5.41, 5.74) is 6.46. The van der Waals surface area contributed by atoms with Gasteiger partial charge in [-0.05, 0) is 44.4 Å². The van der Waals surface area contributed by atoms with Crippen LogP contribution in [0, 0.1) is 0 Å². The zero-order valence-electron chi connectivity index (χ0n) is 11.0. The Morgan fingerprint density at radius 1 is 1.53 bits per heavy atom. The van der Waals surface area contributed by atoms with E-state index in [1.165, 1.54) is 12.1 Å². The first kappa shape index (κ1) is 14.2. The second kappa shape index (κ2) is 5.80. The summed E-state index contributed by atoms with van der Waals surface area (Å²) < 4.78 is 0. The number of amides is 1. The Bertz CT molecular complexity index is 477. The summed E-state index contributed by atoms with van der Waals surface area (Å²) in [6, 6.07) is 4.58. The Kier molecular flexibility index (Phi) is 4.32. The van der Waals surface area contributed by atoms with Gasteiger partial charge in [-0.1, -0.05) is 11.6 Å². The molecule has 2 rings (SSSR count). The highest BCUT2D eigenvalue weighted by Gasteiger charge is 2.29. The standard InChI is InChI=1S/C14H19ClN2O2/c1-9(16)12-4-2-3-7-17(12)14(19)10-5-6-13(18)11(15)8-10/h5-6,8-9,12,18H,2-4,7,16H2,1H3. The van der Waals surface area contributed by atoms with Crippen LogP contribution in [0.15, 0.2) is 18.2 Å². The molecule has 1 aromatic rings. The molecular weight excluding hydrogens is 264 g/mol. The molecule has 0 radical (unpaired) electrons. The van der Waals surface area contributed by atoms with E-state index in [1.54, 1.807) is 6.07 Å². The highest BCUT2D eigenvalue weighted by atomic mass is 35.5. The Morgan fingerprint density at radius 2 is 2.26 bits per heavy atom. The quantitative estimate of drug-likeness (QED) is 0.875. The minimum atomic E-state index is -0.0658. The second-order valence-electron chi connectivity index (χ2n) is 5.09. The predicted octanol–water partition coefficient (Wildman–Crippen LogP) is 2.39. The lowest BCUT2D eigenvalue weighted by atomic mass is 9.96. The molecule has 5 heteroatoms. The lowest BCUT2D eigenvalue weighted by Crippen LogP contribution is -2.51. The third kappa shape index (κ3) is 3.01. The minimum Gasteiger partial charge on any atom is -0.506 e. The van der Waals surface area contributed by atoms with E-state index in [4.69, 9.17) is 17.3 Å².